The summed E-state index contributed by atoms with van der Waals surface area (Å²) in [5.41, 5.74) is 26.2. The first-order valence-corrected chi connectivity index (χ1v) is 26.6. The Balaban J connectivity index is 0.908. The molecule has 13 rings (SSSR count). The number of aryl methyl sites for hydroxylation is 4. The summed E-state index contributed by atoms with van der Waals surface area (Å²) in [4.78, 5) is 22.0. The van der Waals surface area contributed by atoms with Gasteiger partial charge in [0.1, 0.15) is 22.9 Å². The van der Waals surface area contributed by atoms with E-state index in [4.69, 9.17) is 19.9 Å². The molecule has 0 radical (unpaired) electrons. The van der Waals surface area contributed by atoms with Gasteiger partial charge in [-0.05, 0) is 148 Å². The Bertz CT molecular complexity index is 4210. The highest BCUT2D eigenvalue weighted by Gasteiger charge is 2.28. The van der Waals surface area contributed by atoms with Crippen LogP contribution in [0.15, 0.2) is 182 Å². The van der Waals surface area contributed by atoms with Gasteiger partial charge < -0.3 is 0 Å². The number of para-hydroxylation sites is 2. The van der Waals surface area contributed by atoms with Crippen LogP contribution < -0.4 is 0 Å². The van der Waals surface area contributed by atoms with Crippen LogP contribution in [0.25, 0.3) is 122 Å². The maximum atomic E-state index is 5.52. The third-order valence-corrected chi connectivity index (χ3v) is 15.5. The highest BCUT2D eigenvalue weighted by Crippen LogP contribution is 2.43. The summed E-state index contributed by atoms with van der Waals surface area (Å²) in [6.45, 7) is 22.2. The number of fused-ring (bicyclic) bond motifs is 10. The number of imidazole rings is 2. The summed E-state index contributed by atoms with van der Waals surface area (Å²) < 4.78 is 4.58. The molecule has 6 nitrogen and oxygen atoms in total. The van der Waals surface area contributed by atoms with E-state index < -0.39 is 0 Å². The number of rotatable bonds is 6. The number of hydrogen-bond acceptors (Lipinski definition) is 4. The van der Waals surface area contributed by atoms with Crippen molar-refractivity contribution >= 4 is 55.2 Å². The van der Waals surface area contributed by atoms with Crippen LogP contribution in [0.4, 0.5) is 0 Å². The summed E-state index contributed by atoms with van der Waals surface area (Å²) in [5.74, 6) is 1.98. The molecule has 0 N–H and O–H groups in total. The fraction of sp³-hybridized carbons (Fsp3) is 0.171. The van der Waals surface area contributed by atoms with Gasteiger partial charge in [0.05, 0.1) is 33.1 Å². The minimum absolute atomic E-state index is 0.251. The third-order valence-electron chi connectivity index (χ3n) is 15.5. The van der Waals surface area contributed by atoms with Crippen LogP contribution in [0.3, 0.4) is 0 Å². The van der Waals surface area contributed by atoms with E-state index in [-0.39, 0.29) is 10.8 Å². The quantitative estimate of drug-likeness (QED) is 0.167. The van der Waals surface area contributed by atoms with Crippen LogP contribution in [-0.2, 0) is 10.8 Å². The van der Waals surface area contributed by atoms with E-state index in [0.717, 1.165) is 122 Å². The van der Waals surface area contributed by atoms with Crippen molar-refractivity contribution in [3.05, 3.63) is 216 Å². The minimum atomic E-state index is -0.251. The molecular formula is C70H60N6. The Hall–Kier alpha value is -8.74. The first-order chi connectivity index (χ1) is 36.6. The van der Waals surface area contributed by atoms with Gasteiger partial charge in [-0.2, -0.15) is 0 Å². The molecule has 0 atom stereocenters. The molecule has 0 aliphatic heterocycles. The summed E-state index contributed by atoms with van der Waals surface area (Å²) >= 11 is 0. The van der Waals surface area contributed by atoms with E-state index in [0.29, 0.717) is 0 Å². The third kappa shape index (κ3) is 7.52. The Labute approximate surface area is 444 Å². The standard InChI is InChI=1S/C70H60N6/c1-41-20-15-21-42(2)61(41)53-30-18-32-55-63(53)73-67(69(5,6)7)75-59-36-34-47(39-57(59)71-65(55)75)51-28-13-11-26-49(51)45-24-17-25-46(38-45)50-27-12-14-29-52(50)48-35-37-60-58(40-48)72-66-56-33-19-31-54(62-43(3)22-16-23-44(62)4)64(56)74-68(76(60)66)70(8,9)10/h11-40H,1-10H3. The molecular weight excluding hydrogens is 925 g/mol. The van der Waals surface area contributed by atoms with Gasteiger partial charge in [-0.1, -0.05) is 181 Å². The van der Waals surface area contributed by atoms with E-state index in [1.54, 1.807) is 0 Å². The van der Waals surface area contributed by atoms with Gasteiger partial charge in [0.2, 0.25) is 0 Å². The van der Waals surface area contributed by atoms with E-state index in [1.807, 2.05) is 0 Å². The van der Waals surface area contributed by atoms with E-state index in [2.05, 4.69) is 260 Å². The first-order valence-electron chi connectivity index (χ1n) is 26.6. The smallest absolute Gasteiger partial charge is 0.148 e. The predicted octanol–water partition coefficient (Wildman–Crippen LogP) is 18.2. The van der Waals surface area contributed by atoms with Crippen molar-refractivity contribution < 1.29 is 0 Å². The van der Waals surface area contributed by atoms with E-state index in [9.17, 15) is 0 Å². The fourth-order valence-electron chi connectivity index (χ4n) is 12.0. The zero-order valence-corrected chi connectivity index (χ0v) is 45.0. The molecule has 6 heteroatoms. The first kappa shape index (κ1) is 47.0. The van der Waals surface area contributed by atoms with Gasteiger partial charge in [0.15, 0.2) is 0 Å². The Kier molecular flexibility index (Phi) is 10.8. The van der Waals surface area contributed by atoms with Gasteiger partial charge >= 0.3 is 0 Å². The highest BCUT2D eigenvalue weighted by atomic mass is 15.1. The molecule has 0 unspecified atom stereocenters. The normalized spacial score (nSPS) is 12.3. The average molecular weight is 985 g/mol. The molecule has 76 heavy (non-hydrogen) atoms. The molecule has 4 heterocycles. The van der Waals surface area contributed by atoms with E-state index >= 15 is 0 Å². The lowest BCUT2D eigenvalue weighted by molar-refractivity contribution is 0.542. The molecule has 0 saturated carbocycles. The van der Waals surface area contributed by atoms with Gasteiger partial charge in [-0.25, -0.2) is 19.9 Å². The zero-order chi connectivity index (χ0) is 52.4. The molecule has 13 aromatic rings. The Morgan fingerprint density at radius 2 is 0.645 bits per heavy atom. The van der Waals surface area contributed by atoms with Crippen LogP contribution in [-0.4, -0.2) is 28.7 Å². The number of benzene rings is 9. The van der Waals surface area contributed by atoms with Crippen molar-refractivity contribution in [2.45, 2.75) is 80.1 Å². The second-order valence-electron chi connectivity index (χ2n) is 22.9. The van der Waals surface area contributed by atoms with Crippen molar-refractivity contribution in [2.24, 2.45) is 0 Å². The number of nitrogens with zero attached hydrogens (tertiary/aromatic N) is 6. The highest BCUT2D eigenvalue weighted by molar-refractivity contribution is 6.06. The molecule has 0 spiro atoms. The molecule has 0 bridgehead atoms. The zero-order valence-electron chi connectivity index (χ0n) is 45.0. The Morgan fingerprint density at radius 1 is 0.316 bits per heavy atom. The second-order valence-corrected chi connectivity index (χ2v) is 22.9. The van der Waals surface area contributed by atoms with Crippen LogP contribution in [0.2, 0.25) is 0 Å². The minimum Gasteiger partial charge on any atom is -0.279 e. The molecule has 0 amide bonds. The van der Waals surface area contributed by atoms with Crippen molar-refractivity contribution in [3.63, 3.8) is 0 Å². The average Bonchev–Trinajstić information content (AvgIpc) is 4.03. The summed E-state index contributed by atoms with van der Waals surface area (Å²) in [7, 11) is 0. The molecule has 0 fully saturated rings. The number of hydrogen-bond donors (Lipinski definition) is 0. The molecule has 370 valence electrons. The van der Waals surface area contributed by atoms with Gasteiger partial charge in [0, 0.05) is 32.7 Å². The summed E-state index contributed by atoms with van der Waals surface area (Å²) in [5, 5.41) is 2.09. The fourth-order valence-corrected chi connectivity index (χ4v) is 12.0. The maximum absolute atomic E-state index is 5.52. The number of aromatic nitrogens is 6. The van der Waals surface area contributed by atoms with Crippen molar-refractivity contribution in [3.8, 4) is 66.8 Å². The topological polar surface area (TPSA) is 60.4 Å². The second kappa shape index (κ2) is 17.4. The Morgan fingerprint density at radius 3 is 1.01 bits per heavy atom. The lowest BCUT2D eigenvalue weighted by atomic mass is 9.90. The van der Waals surface area contributed by atoms with Crippen LogP contribution >= 0.6 is 0 Å². The van der Waals surface area contributed by atoms with Crippen LogP contribution in [0.1, 0.15) is 75.4 Å². The molecule has 0 aliphatic carbocycles. The predicted molar refractivity (Wildman–Crippen MR) is 319 cm³/mol. The van der Waals surface area contributed by atoms with Gasteiger partial charge in [-0.15, -0.1) is 0 Å². The van der Waals surface area contributed by atoms with E-state index in [1.165, 1.54) is 33.4 Å². The molecule has 9 aromatic carbocycles. The van der Waals surface area contributed by atoms with Crippen molar-refractivity contribution in [1.29, 1.82) is 0 Å². The SMILES string of the molecule is Cc1cccc(C)c1-c1cccc2c1nc(C(C)(C)C)n1c3ccc(-c4ccccc4-c4cccc(-c5ccccc5-c5ccc6c(c5)nc5c7cccc(-c8c(C)cccc8C)c7nc(C(C)(C)C)n65)c4)cc3nc21. The van der Waals surface area contributed by atoms with Gasteiger partial charge in [-0.3, -0.25) is 8.80 Å². The maximum Gasteiger partial charge on any atom is 0.148 e. The summed E-state index contributed by atoms with van der Waals surface area (Å²) in [6.07, 6.45) is 0. The molecule has 0 saturated heterocycles. The largest absolute Gasteiger partial charge is 0.279 e. The van der Waals surface area contributed by atoms with Crippen LogP contribution in [0.5, 0.6) is 0 Å². The van der Waals surface area contributed by atoms with Gasteiger partial charge in [0.25, 0.3) is 0 Å². The van der Waals surface area contributed by atoms with Crippen molar-refractivity contribution in [2.75, 3.05) is 0 Å². The van der Waals surface area contributed by atoms with Crippen molar-refractivity contribution in [1.82, 2.24) is 28.7 Å². The summed E-state index contributed by atoms with van der Waals surface area (Å²) in [6, 6.07) is 66.1. The lowest BCUT2D eigenvalue weighted by Crippen LogP contribution is -2.19. The lowest BCUT2D eigenvalue weighted by Gasteiger charge is -2.22. The monoisotopic (exact) mass is 984 g/mol. The van der Waals surface area contributed by atoms with Crippen LogP contribution in [0, 0.1) is 27.7 Å². The molecule has 0 aliphatic rings. The molecule has 4 aromatic heterocycles.